The SMILES string of the molecule is CN(C)c1nc(N)cc(N2C[C@@H]3COC[C@H](C2)N(C)C3)n1. The highest BCUT2D eigenvalue weighted by Crippen LogP contribution is 2.24. The highest BCUT2D eigenvalue weighted by atomic mass is 16.5. The molecule has 0 unspecified atom stereocenters. The average molecular weight is 292 g/mol. The van der Waals surface area contributed by atoms with E-state index in [4.69, 9.17) is 10.5 Å². The van der Waals surface area contributed by atoms with Gasteiger partial charge in [0.15, 0.2) is 0 Å². The highest BCUT2D eigenvalue weighted by molar-refractivity contribution is 5.52. The monoisotopic (exact) mass is 292 g/mol. The van der Waals surface area contributed by atoms with Crippen molar-refractivity contribution >= 4 is 17.6 Å². The average Bonchev–Trinajstić information content (AvgIpc) is 2.66. The molecule has 0 spiro atoms. The van der Waals surface area contributed by atoms with Gasteiger partial charge in [-0.2, -0.15) is 9.97 Å². The second-order valence-electron chi connectivity index (χ2n) is 6.25. The van der Waals surface area contributed by atoms with Gasteiger partial charge in [0.25, 0.3) is 0 Å². The van der Waals surface area contributed by atoms with Crippen LogP contribution in [0.4, 0.5) is 17.6 Å². The number of aromatic nitrogens is 2. The van der Waals surface area contributed by atoms with Crippen molar-refractivity contribution in [2.75, 3.05) is 69.5 Å². The molecule has 7 nitrogen and oxygen atoms in total. The number of ether oxygens (including phenoxy) is 1. The third-order valence-electron chi connectivity index (χ3n) is 4.19. The first-order valence-corrected chi connectivity index (χ1v) is 7.37. The van der Waals surface area contributed by atoms with Crippen LogP contribution in [0, 0.1) is 5.92 Å². The fourth-order valence-corrected chi connectivity index (χ4v) is 3.04. The van der Waals surface area contributed by atoms with Gasteiger partial charge in [0.1, 0.15) is 11.6 Å². The largest absolute Gasteiger partial charge is 0.383 e. The fourth-order valence-electron chi connectivity index (χ4n) is 3.04. The molecule has 0 aliphatic carbocycles. The molecule has 116 valence electrons. The Morgan fingerprint density at radius 2 is 2.05 bits per heavy atom. The molecule has 1 aromatic rings. The molecule has 2 N–H and O–H groups in total. The van der Waals surface area contributed by atoms with Crippen LogP contribution in [0.3, 0.4) is 0 Å². The minimum absolute atomic E-state index is 0.400. The van der Waals surface area contributed by atoms with E-state index in [9.17, 15) is 0 Å². The van der Waals surface area contributed by atoms with Gasteiger partial charge < -0.3 is 20.3 Å². The Balaban J connectivity index is 1.89. The molecule has 2 fully saturated rings. The minimum Gasteiger partial charge on any atom is -0.383 e. The standard InChI is InChI=1S/C14H24N6O/c1-18(2)14-16-12(15)4-13(17-14)20-6-10-5-19(3)11(7-20)9-21-8-10/h4,10-11H,5-9H2,1-3H3,(H2,15,16,17)/t10-,11+/m1/s1. The summed E-state index contributed by atoms with van der Waals surface area (Å²) in [6, 6.07) is 2.27. The molecule has 3 heterocycles. The summed E-state index contributed by atoms with van der Waals surface area (Å²) in [5.74, 6) is 2.59. The van der Waals surface area contributed by atoms with Crippen LogP contribution >= 0.6 is 0 Å². The van der Waals surface area contributed by atoms with E-state index in [0.29, 0.717) is 23.7 Å². The van der Waals surface area contributed by atoms with Crippen molar-refractivity contribution in [1.29, 1.82) is 0 Å². The van der Waals surface area contributed by atoms with Crippen molar-refractivity contribution < 1.29 is 4.74 Å². The van der Waals surface area contributed by atoms with Gasteiger partial charge in [-0.25, -0.2) is 0 Å². The maximum atomic E-state index is 5.95. The van der Waals surface area contributed by atoms with E-state index in [1.165, 1.54) is 0 Å². The maximum absolute atomic E-state index is 5.95. The van der Waals surface area contributed by atoms with E-state index in [-0.39, 0.29) is 0 Å². The zero-order chi connectivity index (χ0) is 15.0. The lowest BCUT2D eigenvalue weighted by Crippen LogP contribution is -2.42. The Hall–Kier alpha value is -1.60. The molecule has 1 aromatic heterocycles. The first kappa shape index (κ1) is 14.3. The van der Waals surface area contributed by atoms with Crippen molar-refractivity contribution in [2.24, 2.45) is 5.92 Å². The zero-order valence-electron chi connectivity index (χ0n) is 13.0. The van der Waals surface area contributed by atoms with Crippen molar-refractivity contribution in [3.8, 4) is 0 Å². The predicted molar refractivity (Wildman–Crippen MR) is 83.7 cm³/mol. The highest BCUT2D eigenvalue weighted by Gasteiger charge is 2.32. The van der Waals surface area contributed by atoms with Gasteiger partial charge in [0.2, 0.25) is 5.95 Å². The number of hydrogen-bond acceptors (Lipinski definition) is 7. The van der Waals surface area contributed by atoms with Crippen LogP contribution in [-0.4, -0.2) is 74.9 Å². The van der Waals surface area contributed by atoms with Crippen molar-refractivity contribution in [3.05, 3.63) is 6.07 Å². The third-order valence-corrected chi connectivity index (χ3v) is 4.19. The number of nitrogen functional groups attached to an aromatic ring is 1. The van der Waals surface area contributed by atoms with Crippen LogP contribution in [0.25, 0.3) is 0 Å². The van der Waals surface area contributed by atoms with Gasteiger partial charge in [-0.3, -0.25) is 4.90 Å². The van der Waals surface area contributed by atoms with Crippen molar-refractivity contribution in [1.82, 2.24) is 14.9 Å². The van der Waals surface area contributed by atoms with Crippen molar-refractivity contribution in [3.63, 3.8) is 0 Å². The number of fused-ring (bicyclic) bond motifs is 3. The molecule has 2 aliphatic rings. The molecule has 7 heteroatoms. The second-order valence-corrected chi connectivity index (χ2v) is 6.25. The van der Waals surface area contributed by atoms with Gasteiger partial charge >= 0.3 is 0 Å². The predicted octanol–water partition coefficient (Wildman–Crippen LogP) is -0.108. The number of rotatable bonds is 2. The molecule has 2 atom stereocenters. The number of nitrogens with zero attached hydrogens (tertiary/aromatic N) is 5. The molecule has 0 saturated carbocycles. The number of hydrogen-bond donors (Lipinski definition) is 1. The van der Waals surface area contributed by atoms with Crippen LogP contribution in [0.1, 0.15) is 0 Å². The fraction of sp³-hybridized carbons (Fsp3) is 0.714. The molecular weight excluding hydrogens is 268 g/mol. The maximum Gasteiger partial charge on any atom is 0.228 e. The summed E-state index contributed by atoms with van der Waals surface area (Å²) in [5.41, 5.74) is 5.95. The Morgan fingerprint density at radius 1 is 1.24 bits per heavy atom. The lowest BCUT2D eigenvalue weighted by molar-refractivity contribution is 0.0930. The zero-order valence-corrected chi connectivity index (χ0v) is 13.0. The summed E-state index contributed by atoms with van der Waals surface area (Å²) in [6.45, 7) is 4.53. The van der Waals surface area contributed by atoms with Crippen LogP contribution in [0.5, 0.6) is 0 Å². The lowest BCUT2D eigenvalue weighted by atomic mass is 10.1. The first-order valence-electron chi connectivity index (χ1n) is 7.37. The van der Waals surface area contributed by atoms with E-state index in [1.807, 2.05) is 25.1 Å². The molecule has 3 rings (SSSR count). The number of nitrogens with two attached hydrogens (primary N) is 1. The summed E-state index contributed by atoms with van der Waals surface area (Å²) in [7, 11) is 6.03. The Bertz CT molecular complexity index is 508. The van der Waals surface area contributed by atoms with E-state index in [2.05, 4.69) is 26.8 Å². The van der Waals surface area contributed by atoms with Gasteiger partial charge in [0, 0.05) is 45.7 Å². The summed E-state index contributed by atoms with van der Waals surface area (Å²) in [5, 5.41) is 0. The summed E-state index contributed by atoms with van der Waals surface area (Å²) in [6.07, 6.45) is 0. The van der Waals surface area contributed by atoms with Crippen LogP contribution in [0.15, 0.2) is 6.07 Å². The molecule has 2 bridgehead atoms. The molecule has 0 radical (unpaired) electrons. The van der Waals surface area contributed by atoms with Gasteiger partial charge in [0.05, 0.1) is 19.3 Å². The van der Waals surface area contributed by atoms with Gasteiger partial charge in [-0.15, -0.1) is 0 Å². The van der Waals surface area contributed by atoms with E-state index in [1.54, 1.807) is 0 Å². The van der Waals surface area contributed by atoms with E-state index >= 15 is 0 Å². The third kappa shape index (κ3) is 3.03. The Kier molecular flexibility index (Phi) is 3.86. The van der Waals surface area contributed by atoms with E-state index < -0.39 is 0 Å². The van der Waals surface area contributed by atoms with Crippen molar-refractivity contribution in [2.45, 2.75) is 6.04 Å². The van der Waals surface area contributed by atoms with Crippen LogP contribution in [-0.2, 0) is 4.74 Å². The second kappa shape index (κ2) is 5.65. The summed E-state index contributed by atoms with van der Waals surface area (Å²) >= 11 is 0. The Morgan fingerprint density at radius 3 is 2.81 bits per heavy atom. The molecule has 0 amide bonds. The van der Waals surface area contributed by atoms with Crippen LogP contribution < -0.4 is 15.5 Å². The Labute approximate surface area is 125 Å². The molecule has 0 aromatic carbocycles. The van der Waals surface area contributed by atoms with Gasteiger partial charge in [-0.1, -0.05) is 0 Å². The van der Waals surface area contributed by atoms with E-state index in [0.717, 1.165) is 38.7 Å². The number of anilines is 3. The summed E-state index contributed by atoms with van der Waals surface area (Å²) in [4.78, 5) is 15.5. The van der Waals surface area contributed by atoms with Gasteiger partial charge in [-0.05, 0) is 7.05 Å². The topological polar surface area (TPSA) is 70.8 Å². The summed E-state index contributed by atoms with van der Waals surface area (Å²) < 4.78 is 5.77. The normalized spacial score (nSPS) is 26.5. The molecule has 21 heavy (non-hydrogen) atoms. The molecule has 2 aliphatic heterocycles. The first-order chi connectivity index (χ1) is 10.0. The smallest absolute Gasteiger partial charge is 0.228 e. The quantitative estimate of drug-likeness (QED) is 0.815. The molecule has 2 saturated heterocycles. The van der Waals surface area contributed by atoms with Crippen LogP contribution in [0.2, 0.25) is 0 Å². The number of likely N-dealkylation sites (N-methyl/N-ethyl adjacent to an activating group) is 1. The molecular formula is C14H24N6O. The minimum atomic E-state index is 0.400. The lowest BCUT2D eigenvalue weighted by Gasteiger charge is -2.31.